The molecule has 0 spiro atoms. The Labute approximate surface area is 115 Å². The van der Waals surface area contributed by atoms with Crippen molar-refractivity contribution >= 4 is 11.6 Å². The Morgan fingerprint density at radius 3 is 2.85 bits per heavy atom. The summed E-state index contributed by atoms with van der Waals surface area (Å²) in [6.07, 6.45) is 4.93. The molecule has 2 heterocycles. The Hall–Kier alpha value is -2.57. The number of amides is 1. The molecular formula is C13H16N4O3. The molecular weight excluding hydrogens is 260 g/mol. The fraction of sp³-hybridized carbons (Fsp3) is 0.308. The van der Waals surface area contributed by atoms with E-state index in [-0.39, 0.29) is 17.6 Å². The molecule has 0 bridgehead atoms. The van der Waals surface area contributed by atoms with Crippen molar-refractivity contribution in [3.05, 3.63) is 52.1 Å². The molecule has 0 unspecified atom stereocenters. The maximum absolute atomic E-state index is 12.1. The lowest BCUT2D eigenvalue weighted by molar-refractivity contribution is -0.384. The third-order valence-electron chi connectivity index (χ3n) is 2.95. The topological polar surface area (TPSA) is 93.0 Å². The Morgan fingerprint density at radius 1 is 1.55 bits per heavy atom. The summed E-state index contributed by atoms with van der Waals surface area (Å²) < 4.78 is 1.60. The number of H-pyrrole nitrogens is 1. The number of nitrogens with one attached hydrogen (secondary N) is 2. The highest BCUT2D eigenvalue weighted by atomic mass is 16.6. The molecule has 2 N–H and O–H groups in total. The van der Waals surface area contributed by atoms with Gasteiger partial charge in [0, 0.05) is 31.0 Å². The first-order valence-corrected chi connectivity index (χ1v) is 6.25. The van der Waals surface area contributed by atoms with Crippen molar-refractivity contribution < 1.29 is 9.72 Å². The van der Waals surface area contributed by atoms with E-state index in [1.165, 1.54) is 12.3 Å². The van der Waals surface area contributed by atoms with Gasteiger partial charge in [-0.05, 0) is 25.5 Å². The molecule has 2 aromatic rings. The summed E-state index contributed by atoms with van der Waals surface area (Å²) in [5, 5.41) is 13.6. The Balaban J connectivity index is 2.17. The quantitative estimate of drug-likeness (QED) is 0.647. The molecule has 7 nitrogen and oxygen atoms in total. The number of carbonyl (C=O) groups is 1. The van der Waals surface area contributed by atoms with Gasteiger partial charge >= 0.3 is 0 Å². The van der Waals surface area contributed by atoms with Crippen molar-refractivity contribution in [2.24, 2.45) is 0 Å². The molecule has 0 aromatic carbocycles. The van der Waals surface area contributed by atoms with Crippen molar-refractivity contribution in [3.63, 3.8) is 0 Å². The molecule has 1 amide bonds. The van der Waals surface area contributed by atoms with Crippen LogP contribution in [0.3, 0.4) is 0 Å². The summed E-state index contributed by atoms with van der Waals surface area (Å²) in [6.45, 7) is 4.11. The standard InChI is InChI=1S/C13H16N4O3/c1-9(2)16-8-11(17(19)20)5-12(16)13(18)15-7-10-3-4-14-6-10/h3-6,8-9,14H,7H2,1-2H3,(H,15,18). The van der Waals surface area contributed by atoms with Gasteiger partial charge in [0.1, 0.15) is 5.69 Å². The van der Waals surface area contributed by atoms with Gasteiger partial charge in [0.2, 0.25) is 0 Å². The average molecular weight is 276 g/mol. The van der Waals surface area contributed by atoms with Crippen LogP contribution < -0.4 is 5.32 Å². The zero-order valence-electron chi connectivity index (χ0n) is 11.3. The first-order valence-electron chi connectivity index (χ1n) is 6.25. The smallest absolute Gasteiger partial charge is 0.287 e. The van der Waals surface area contributed by atoms with Crippen molar-refractivity contribution in [2.45, 2.75) is 26.4 Å². The fourth-order valence-electron chi connectivity index (χ4n) is 1.92. The molecule has 0 aliphatic carbocycles. The van der Waals surface area contributed by atoms with E-state index in [4.69, 9.17) is 0 Å². The molecule has 0 saturated carbocycles. The largest absolute Gasteiger partial charge is 0.367 e. The SMILES string of the molecule is CC(C)n1cc([N+](=O)[O-])cc1C(=O)NCc1cc[nH]c1. The third-order valence-corrected chi connectivity index (χ3v) is 2.95. The predicted molar refractivity (Wildman–Crippen MR) is 73.4 cm³/mol. The molecule has 7 heteroatoms. The van der Waals surface area contributed by atoms with Gasteiger partial charge in [0.25, 0.3) is 11.6 Å². The molecule has 20 heavy (non-hydrogen) atoms. The Morgan fingerprint density at radius 2 is 2.30 bits per heavy atom. The Bertz CT molecular complexity index is 614. The van der Waals surface area contributed by atoms with E-state index >= 15 is 0 Å². The zero-order chi connectivity index (χ0) is 14.7. The van der Waals surface area contributed by atoms with E-state index in [1.807, 2.05) is 19.9 Å². The van der Waals surface area contributed by atoms with E-state index in [9.17, 15) is 14.9 Å². The van der Waals surface area contributed by atoms with Gasteiger partial charge in [-0.3, -0.25) is 14.9 Å². The highest BCUT2D eigenvalue weighted by molar-refractivity contribution is 5.93. The molecule has 106 valence electrons. The number of aromatic amines is 1. The number of hydrogen-bond donors (Lipinski definition) is 2. The van der Waals surface area contributed by atoms with Crippen LogP contribution in [-0.4, -0.2) is 20.4 Å². The summed E-state index contributed by atoms with van der Waals surface area (Å²) >= 11 is 0. The number of hydrogen-bond acceptors (Lipinski definition) is 3. The van der Waals surface area contributed by atoms with Crippen LogP contribution in [0.1, 0.15) is 35.9 Å². The summed E-state index contributed by atoms with van der Waals surface area (Å²) in [4.78, 5) is 25.3. The van der Waals surface area contributed by atoms with Gasteiger partial charge < -0.3 is 14.9 Å². The number of rotatable bonds is 5. The van der Waals surface area contributed by atoms with E-state index in [0.29, 0.717) is 12.2 Å². The first-order chi connectivity index (χ1) is 9.49. The van der Waals surface area contributed by atoms with E-state index in [1.54, 1.807) is 17.0 Å². The van der Waals surface area contributed by atoms with E-state index in [0.717, 1.165) is 5.56 Å². The lowest BCUT2D eigenvalue weighted by Crippen LogP contribution is -2.25. The number of carbonyl (C=O) groups excluding carboxylic acids is 1. The van der Waals surface area contributed by atoms with Crippen molar-refractivity contribution in [1.82, 2.24) is 14.9 Å². The average Bonchev–Trinajstić information content (AvgIpc) is 3.04. The predicted octanol–water partition coefficient (Wildman–Crippen LogP) is 2.24. The first kappa shape index (κ1) is 13.9. The highest BCUT2D eigenvalue weighted by Gasteiger charge is 2.20. The molecule has 0 fully saturated rings. The van der Waals surface area contributed by atoms with Gasteiger partial charge in [0.15, 0.2) is 0 Å². The molecule has 2 aromatic heterocycles. The fourth-order valence-corrected chi connectivity index (χ4v) is 1.92. The van der Waals surface area contributed by atoms with Gasteiger partial charge in [-0.1, -0.05) is 0 Å². The number of nitro groups is 1. The molecule has 0 saturated heterocycles. The minimum absolute atomic E-state index is 0.0308. The van der Waals surface area contributed by atoms with Crippen LogP contribution >= 0.6 is 0 Å². The monoisotopic (exact) mass is 276 g/mol. The van der Waals surface area contributed by atoms with Gasteiger partial charge in [0.05, 0.1) is 11.1 Å². The van der Waals surface area contributed by atoms with Crippen LogP contribution in [0.4, 0.5) is 5.69 Å². The molecule has 0 radical (unpaired) electrons. The van der Waals surface area contributed by atoms with E-state index < -0.39 is 4.92 Å². The molecule has 0 atom stereocenters. The minimum atomic E-state index is -0.498. The van der Waals surface area contributed by atoms with Gasteiger partial charge in [-0.25, -0.2) is 0 Å². The maximum Gasteiger partial charge on any atom is 0.287 e. The second-order valence-corrected chi connectivity index (χ2v) is 4.74. The third kappa shape index (κ3) is 2.87. The second-order valence-electron chi connectivity index (χ2n) is 4.74. The number of nitrogens with zero attached hydrogens (tertiary/aromatic N) is 2. The van der Waals surface area contributed by atoms with Crippen LogP contribution in [0.15, 0.2) is 30.7 Å². The normalized spacial score (nSPS) is 10.8. The van der Waals surface area contributed by atoms with E-state index in [2.05, 4.69) is 10.3 Å². The van der Waals surface area contributed by atoms with Gasteiger partial charge in [-0.2, -0.15) is 0 Å². The highest BCUT2D eigenvalue weighted by Crippen LogP contribution is 2.20. The van der Waals surface area contributed by atoms with Crippen molar-refractivity contribution in [2.75, 3.05) is 0 Å². The van der Waals surface area contributed by atoms with Crippen LogP contribution in [0.2, 0.25) is 0 Å². The molecule has 0 aliphatic heterocycles. The van der Waals surface area contributed by atoms with Crippen LogP contribution in [0.5, 0.6) is 0 Å². The van der Waals surface area contributed by atoms with Crippen LogP contribution in [-0.2, 0) is 6.54 Å². The minimum Gasteiger partial charge on any atom is -0.367 e. The maximum atomic E-state index is 12.1. The van der Waals surface area contributed by atoms with Crippen molar-refractivity contribution in [3.8, 4) is 0 Å². The summed E-state index contributed by atoms with van der Waals surface area (Å²) in [7, 11) is 0. The molecule has 0 aliphatic rings. The summed E-state index contributed by atoms with van der Waals surface area (Å²) in [5.41, 5.74) is 1.16. The zero-order valence-corrected chi connectivity index (χ0v) is 11.3. The second kappa shape index (κ2) is 5.60. The van der Waals surface area contributed by atoms with Crippen LogP contribution in [0.25, 0.3) is 0 Å². The van der Waals surface area contributed by atoms with Crippen molar-refractivity contribution in [1.29, 1.82) is 0 Å². The lowest BCUT2D eigenvalue weighted by Gasteiger charge is -2.11. The summed E-state index contributed by atoms with van der Waals surface area (Å²) in [6, 6.07) is 3.12. The van der Waals surface area contributed by atoms with Gasteiger partial charge in [-0.15, -0.1) is 0 Å². The number of aromatic nitrogens is 2. The lowest BCUT2D eigenvalue weighted by atomic mass is 10.3. The Kier molecular flexibility index (Phi) is 3.88. The van der Waals surface area contributed by atoms with Crippen LogP contribution in [0, 0.1) is 10.1 Å². The summed E-state index contributed by atoms with van der Waals surface area (Å²) in [5.74, 6) is -0.326. The molecule has 2 rings (SSSR count).